The summed E-state index contributed by atoms with van der Waals surface area (Å²) in [5, 5.41) is 10.7. The van der Waals surface area contributed by atoms with E-state index in [4.69, 9.17) is 22.1 Å². The van der Waals surface area contributed by atoms with E-state index in [1.54, 1.807) is 31.2 Å². The lowest BCUT2D eigenvalue weighted by molar-refractivity contribution is 0.0694. The summed E-state index contributed by atoms with van der Waals surface area (Å²) in [4.78, 5) is 11.0. The van der Waals surface area contributed by atoms with Crippen LogP contribution in [0, 0.1) is 6.92 Å². The molecule has 6 heteroatoms. The lowest BCUT2D eigenvalue weighted by Gasteiger charge is -2.15. The number of ether oxygens (including phenoxy) is 1. The molecule has 1 aromatic rings. The number of aromatic carboxylic acids is 1. The summed E-state index contributed by atoms with van der Waals surface area (Å²) in [5.41, 5.74) is 3.71. The third kappa shape index (κ3) is 4.01. The average Bonchev–Trinajstić information content (AvgIpc) is 2.15. The van der Waals surface area contributed by atoms with Crippen molar-refractivity contribution < 1.29 is 14.6 Å². The molecule has 0 aliphatic heterocycles. The van der Waals surface area contributed by atoms with Gasteiger partial charge in [0.15, 0.2) is 0 Å². The second-order valence-corrected chi connectivity index (χ2v) is 4.07. The number of nitrogens with zero attached hydrogens (tertiary/aromatic N) is 1. The SMILES string of the molecule is Cc1ccc(C(=O)O)c(OC(=S)NN(C)C)c1. The Balaban J connectivity index is 2.92. The number of carbonyl (C=O) groups is 1. The van der Waals surface area contributed by atoms with Crippen molar-refractivity contribution in [1.82, 2.24) is 10.4 Å². The summed E-state index contributed by atoms with van der Waals surface area (Å²) in [5.74, 6) is -0.815. The third-order valence-corrected chi connectivity index (χ3v) is 2.06. The molecule has 0 amide bonds. The first kappa shape index (κ1) is 13.4. The fraction of sp³-hybridized carbons (Fsp3) is 0.273. The van der Waals surface area contributed by atoms with Crippen LogP contribution in [0.4, 0.5) is 0 Å². The molecule has 1 rings (SSSR count). The van der Waals surface area contributed by atoms with Crippen molar-refractivity contribution in [3.05, 3.63) is 29.3 Å². The monoisotopic (exact) mass is 254 g/mol. The minimum Gasteiger partial charge on any atom is -0.478 e. The molecular formula is C11H14N2O3S. The summed E-state index contributed by atoms with van der Waals surface area (Å²) in [7, 11) is 3.51. The lowest BCUT2D eigenvalue weighted by Crippen LogP contribution is -2.38. The molecule has 0 aromatic heterocycles. The molecule has 17 heavy (non-hydrogen) atoms. The van der Waals surface area contributed by atoms with Crippen LogP contribution in [0.1, 0.15) is 15.9 Å². The zero-order chi connectivity index (χ0) is 13.0. The first-order valence-electron chi connectivity index (χ1n) is 4.90. The quantitative estimate of drug-likeness (QED) is 0.628. The van der Waals surface area contributed by atoms with E-state index >= 15 is 0 Å². The van der Waals surface area contributed by atoms with Gasteiger partial charge in [-0.3, -0.25) is 5.43 Å². The van der Waals surface area contributed by atoms with Crippen LogP contribution in [0.15, 0.2) is 18.2 Å². The number of benzene rings is 1. The Hall–Kier alpha value is -1.66. The summed E-state index contributed by atoms with van der Waals surface area (Å²) in [6, 6.07) is 4.83. The van der Waals surface area contributed by atoms with Gasteiger partial charge in [-0.2, -0.15) is 0 Å². The van der Waals surface area contributed by atoms with Gasteiger partial charge in [-0.15, -0.1) is 0 Å². The van der Waals surface area contributed by atoms with Gasteiger partial charge in [0.2, 0.25) is 0 Å². The number of carboxylic acid groups (broad SMARTS) is 1. The van der Waals surface area contributed by atoms with Crippen molar-refractivity contribution in [2.24, 2.45) is 0 Å². The van der Waals surface area contributed by atoms with E-state index in [0.29, 0.717) is 0 Å². The highest BCUT2D eigenvalue weighted by molar-refractivity contribution is 7.80. The van der Waals surface area contributed by atoms with E-state index in [2.05, 4.69) is 5.43 Å². The molecule has 92 valence electrons. The Morgan fingerprint density at radius 3 is 2.65 bits per heavy atom. The molecule has 0 spiro atoms. The van der Waals surface area contributed by atoms with Crippen LogP contribution in [-0.2, 0) is 0 Å². The van der Waals surface area contributed by atoms with Crippen LogP contribution in [0.5, 0.6) is 5.75 Å². The van der Waals surface area contributed by atoms with Gasteiger partial charge < -0.3 is 9.84 Å². The minimum atomic E-state index is -1.05. The standard InChI is InChI=1S/C11H14N2O3S/c1-7-4-5-8(10(14)15)9(6-7)16-11(17)12-13(2)3/h4-6H,1-3H3,(H,12,17)(H,14,15). The molecule has 0 aliphatic rings. The number of hydrogen-bond donors (Lipinski definition) is 2. The fourth-order valence-electron chi connectivity index (χ4n) is 1.20. The molecule has 0 radical (unpaired) electrons. The normalized spacial score (nSPS) is 10.1. The second-order valence-electron chi connectivity index (χ2n) is 3.70. The number of nitrogens with one attached hydrogen (secondary N) is 1. The van der Waals surface area contributed by atoms with Gasteiger partial charge in [0.1, 0.15) is 11.3 Å². The van der Waals surface area contributed by atoms with Crippen molar-refractivity contribution in [1.29, 1.82) is 0 Å². The van der Waals surface area contributed by atoms with Crippen molar-refractivity contribution in [2.45, 2.75) is 6.92 Å². The van der Waals surface area contributed by atoms with E-state index < -0.39 is 5.97 Å². The zero-order valence-corrected chi connectivity index (χ0v) is 10.7. The first-order valence-corrected chi connectivity index (χ1v) is 5.30. The number of thiocarbonyl (C=S) groups is 1. The van der Waals surface area contributed by atoms with Crippen molar-refractivity contribution in [3.8, 4) is 5.75 Å². The second kappa shape index (κ2) is 5.60. The van der Waals surface area contributed by atoms with E-state index in [9.17, 15) is 4.79 Å². The zero-order valence-electron chi connectivity index (χ0n) is 9.85. The Morgan fingerprint density at radius 2 is 2.12 bits per heavy atom. The highest BCUT2D eigenvalue weighted by Crippen LogP contribution is 2.20. The molecule has 0 aliphatic carbocycles. The number of hydrazine groups is 1. The number of aryl methyl sites for hydroxylation is 1. The fourth-order valence-corrected chi connectivity index (χ4v) is 1.47. The van der Waals surface area contributed by atoms with E-state index in [1.165, 1.54) is 6.07 Å². The van der Waals surface area contributed by atoms with Crippen molar-refractivity contribution >= 4 is 23.4 Å². The van der Waals surface area contributed by atoms with Gasteiger partial charge in [-0.1, -0.05) is 6.07 Å². The first-order chi connectivity index (χ1) is 7.90. The maximum Gasteiger partial charge on any atom is 0.339 e. The van der Waals surface area contributed by atoms with Crippen molar-refractivity contribution in [2.75, 3.05) is 14.1 Å². The van der Waals surface area contributed by atoms with E-state index in [-0.39, 0.29) is 16.5 Å². The minimum absolute atomic E-state index is 0.0820. The topological polar surface area (TPSA) is 61.8 Å². The molecule has 0 heterocycles. The highest BCUT2D eigenvalue weighted by Gasteiger charge is 2.13. The Morgan fingerprint density at radius 1 is 1.47 bits per heavy atom. The van der Waals surface area contributed by atoms with Gasteiger partial charge in [0, 0.05) is 14.1 Å². The van der Waals surface area contributed by atoms with Crippen molar-refractivity contribution in [3.63, 3.8) is 0 Å². The summed E-state index contributed by atoms with van der Waals surface area (Å²) in [6.07, 6.45) is 0. The maximum atomic E-state index is 11.0. The van der Waals surface area contributed by atoms with Gasteiger partial charge >= 0.3 is 5.97 Å². The summed E-state index contributed by atoms with van der Waals surface area (Å²) >= 11 is 4.93. The molecule has 5 nitrogen and oxygen atoms in total. The van der Waals surface area contributed by atoms with E-state index in [1.807, 2.05) is 6.92 Å². The highest BCUT2D eigenvalue weighted by atomic mass is 32.1. The third-order valence-electron chi connectivity index (χ3n) is 1.89. The van der Waals surface area contributed by atoms with E-state index in [0.717, 1.165) is 5.56 Å². The smallest absolute Gasteiger partial charge is 0.339 e. The Labute approximate surface area is 105 Å². The van der Waals surface area contributed by atoms with Crippen LogP contribution in [0.25, 0.3) is 0 Å². The maximum absolute atomic E-state index is 11.0. The Bertz CT molecular complexity index is 446. The molecule has 2 N–H and O–H groups in total. The molecule has 0 bridgehead atoms. The average molecular weight is 254 g/mol. The van der Waals surface area contributed by atoms with Gasteiger partial charge in [0.05, 0.1) is 0 Å². The summed E-state index contributed by atoms with van der Waals surface area (Å²) < 4.78 is 5.30. The molecular weight excluding hydrogens is 240 g/mol. The van der Waals surface area contributed by atoms with Crippen LogP contribution < -0.4 is 10.2 Å². The molecule has 1 aromatic carbocycles. The van der Waals surface area contributed by atoms with Crippen LogP contribution in [0.2, 0.25) is 0 Å². The number of carboxylic acids is 1. The molecule has 0 saturated heterocycles. The molecule has 0 fully saturated rings. The summed E-state index contributed by atoms with van der Waals surface area (Å²) in [6.45, 7) is 1.85. The van der Waals surface area contributed by atoms with Gasteiger partial charge in [0.25, 0.3) is 5.17 Å². The number of hydrogen-bond acceptors (Lipinski definition) is 4. The van der Waals surface area contributed by atoms with Crippen LogP contribution >= 0.6 is 12.2 Å². The molecule has 0 unspecified atom stereocenters. The largest absolute Gasteiger partial charge is 0.478 e. The Kier molecular flexibility index (Phi) is 4.42. The van der Waals surface area contributed by atoms with Crippen LogP contribution in [-0.4, -0.2) is 35.4 Å². The molecule has 0 atom stereocenters. The van der Waals surface area contributed by atoms with Gasteiger partial charge in [-0.05, 0) is 36.8 Å². The van der Waals surface area contributed by atoms with Crippen LogP contribution in [0.3, 0.4) is 0 Å². The van der Waals surface area contributed by atoms with Gasteiger partial charge in [-0.25, -0.2) is 9.80 Å². The number of rotatable bonds is 3. The molecule has 0 saturated carbocycles. The lowest BCUT2D eigenvalue weighted by atomic mass is 10.1. The predicted octanol–water partition coefficient (Wildman–Crippen LogP) is 1.42. The predicted molar refractivity (Wildman–Crippen MR) is 68.2 cm³/mol.